The van der Waals surface area contributed by atoms with Gasteiger partial charge in [0.1, 0.15) is 11.6 Å². The van der Waals surface area contributed by atoms with Crippen molar-refractivity contribution in [2.24, 2.45) is 5.92 Å². The first kappa shape index (κ1) is 19.8. The van der Waals surface area contributed by atoms with Gasteiger partial charge < -0.3 is 5.32 Å². The Kier molecular flexibility index (Phi) is 7.04. The number of halogens is 2. The number of amides is 2. The maximum atomic E-state index is 13.8. The van der Waals surface area contributed by atoms with Crippen LogP contribution in [-0.4, -0.2) is 23.1 Å². The Morgan fingerprint density at radius 2 is 2.04 bits per heavy atom. The lowest BCUT2D eigenvalue weighted by atomic mass is 9.86. The first-order valence-corrected chi connectivity index (χ1v) is 8.54. The second-order valence-corrected chi connectivity index (χ2v) is 6.34. The summed E-state index contributed by atoms with van der Waals surface area (Å²) in [5, 5.41) is 12.0. The molecule has 1 saturated carbocycles. The Morgan fingerprint density at radius 3 is 2.62 bits per heavy atom. The smallest absolute Gasteiger partial charge is 0.257 e. The number of rotatable bonds is 6. The van der Waals surface area contributed by atoms with Crippen LogP contribution in [0.1, 0.15) is 55.8 Å². The number of nitrogens with one attached hydrogen (secondary N) is 1. The quantitative estimate of drug-likeness (QED) is 0.363. The zero-order valence-electron chi connectivity index (χ0n) is 14.5. The molecular formula is C18H21F2N3O3. The molecule has 1 aromatic rings. The van der Waals surface area contributed by atoms with E-state index in [1.165, 1.54) is 0 Å². The van der Waals surface area contributed by atoms with Crippen molar-refractivity contribution in [2.75, 3.05) is 0 Å². The van der Waals surface area contributed by atoms with Gasteiger partial charge in [-0.2, -0.15) is 5.26 Å². The Balaban J connectivity index is 2.12. The van der Waals surface area contributed by atoms with E-state index in [1.807, 2.05) is 0 Å². The van der Waals surface area contributed by atoms with Gasteiger partial charge in [0.25, 0.3) is 11.8 Å². The number of nitriles is 1. The molecule has 1 aromatic carbocycles. The molecule has 0 aromatic heterocycles. The highest BCUT2D eigenvalue weighted by atomic mass is 19.1. The molecule has 0 saturated heterocycles. The predicted octanol–water partition coefficient (Wildman–Crippen LogP) is 3.25. The molecule has 1 aliphatic carbocycles. The average Bonchev–Trinajstić information content (AvgIpc) is 2.59. The number of carbonyl (C=O) groups is 2. The van der Waals surface area contributed by atoms with E-state index >= 15 is 0 Å². The molecule has 0 radical (unpaired) electrons. The van der Waals surface area contributed by atoms with Crippen molar-refractivity contribution in [1.29, 1.82) is 5.26 Å². The molecule has 0 bridgehead atoms. The minimum Gasteiger partial charge on any atom is -0.324 e. The highest BCUT2D eigenvalue weighted by molar-refractivity contribution is 5.94. The molecule has 2 rings (SSSR count). The van der Waals surface area contributed by atoms with Gasteiger partial charge in [0.2, 0.25) is 6.19 Å². The van der Waals surface area contributed by atoms with Crippen molar-refractivity contribution in [1.82, 2.24) is 10.4 Å². The Labute approximate surface area is 150 Å². The van der Waals surface area contributed by atoms with Gasteiger partial charge in [-0.3, -0.25) is 9.59 Å². The highest BCUT2D eigenvalue weighted by Gasteiger charge is 2.26. The number of nitrogens with zero attached hydrogens (tertiary/aromatic N) is 2. The van der Waals surface area contributed by atoms with Gasteiger partial charge in [-0.05, 0) is 24.5 Å². The molecule has 0 aliphatic heterocycles. The monoisotopic (exact) mass is 365 g/mol. The highest BCUT2D eigenvalue weighted by Crippen LogP contribution is 2.28. The van der Waals surface area contributed by atoms with E-state index in [0.717, 1.165) is 51.2 Å². The zero-order chi connectivity index (χ0) is 19.1. The van der Waals surface area contributed by atoms with E-state index in [0.29, 0.717) is 17.6 Å². The molecule has 1 fully saturated rings. The van der Waals surface area contributed by atoms with Crippen molar-refractivity contribution in [3.05, 3.63) is 35.4 Å². The summed E-state index contributed by atoms with van der Waals surface area (Å²) in [5.74, 6) is -2.96. The minimum absolute atomic E-state index is 0.264. The second kappa shape index (κ2) is 9.25. The summed E-state index contributed by atoms with van der Waals surface area (Å²) >= 11 is 0. The largest absolute Gasteiger partial charge is 0.324 e. The Morgan fingerprint density at radius 1 is 1.35 bits per heavy atom. The van der Waals surface area contributed by atoms with Gasteiger partial charge in [0.05, 0.1) is 5.56 Å². The van der Waals surface area contributed by atoms with E-state index in [4.69, 9.17) is 10.1 Å². The predicted molar refractivity (Wildman–Crippen MR) is 88.0 cm³/mol. The normalized spacial score (nSPS) is 15.8. The fraction of sp³-hybridized carbons (Fsp3) is 0.500. The van der Waals surface area contributed by atoms with Gasteiger partial charge in [-0.15, -0.1) is 5.06 Å². The van der Waals surface area contributed by atoms with E-state index in [9.17, 15) is 18.4 Å². The third-order valence-electron chi connectivity index (χ3n) is 4.35. The van der Waals surface area contributed by atoms with Gasteiger partial charge in [0.15, 0.2) is 6.23 Å². The van der Waals surface area contributed by atoms with Crippen molar-refractivity contribution in [2.45, 2.75) is 51.7 Å². The number of hydroxylamine groups is 2. The minimum atomic E-state index is -0.998. The van der Waals surface area contributed by atoms with Crippen molar-refractivity contribution in [3.63, 3.8) is 0 Å². The number of benzene rings is 1. The molecule has 26 heavy (non-hydrogen) atoms. The molecule has 1 N–H and O–H groups in total. The molecule has 0 spiro atoms. The molecule has 1 aliphatic rings. The second-order valence-electron chi connectivity index (χ2n) is 6.34. The van der Waals surface area contributed by atoms with Crippen LogP contribution in [0.4, 0.5) is 8.78 Å². The standard InChI is InChI=1S/C18H21F2N3O3/c1-12(24)23(11-21)26-17(9-13-5-3-2-4-6-13)22-18(25)15-8-7-14(19)10-16(15)20/h7-8,10,13,17H,2-6,9H2,1H3,(H,22,25). The Bertz CT molecular complexity index is 699. The maximum absolute atomic E-state index is 13.8. The third kappa shape index (κ3) is 5.49. The number of carbonyl (C=O) groups excluding carboxylic acids is 2. The summed E-state index contributed by atoms with van der Waals surface area (Å²) in [7, 11) is 0. The van der Waals surface area contributed by atoms with Crippen LogP contribution in [0.2, 0.25) is 0 Å². The Hall–Kier alpha value is -2.53. The van der Waals surface area contributed by atoms with Crippen LogP contribution >= 0.6 is 0 Å². The molecule has 1 unspecified atom stereocenters. The van der Waals surface area contributed by atoms with Gasteiger partial charge >= 0.3 is 0 Å². The molecule has 6 nitrogen and oxygen atoms in total. The van der Waals surface area contributed by atoms with E-state index in [-0.39, 0.29) is 11.5 Å². The van der Waals surface area contributed by atoms with Crippen molar-refractivity contribution in [3.8, 4) is 6.19 Å². The van der Waals surface area contributed by atoms with Gasteiger partial charge in [-0.1, -0.05) is 32.1 Å². The molecule has 140 valence electrons. The van der Waals surface area contributed by atoms with Crippen molar-refractivity contribution >= 4 is 11.8 Å². The summed E-state index contributed by atoms with van der Waals surface area (Å²) in [5.41, 5.74) is -0.338. The lowest BCUT2D eigenvalue weighted by Gasteiger charge is -2.28. The summed E-state index contributed by atoms with van der Waals surface area (Å²) in [6, 6.07) is 2.62. The lowest BCUT2D eigenvalue weighted by Crippen LogP contribution is -2.43. The van der Waals surface area contributed by atoms with Crippen LogP contribution in [-0.2, 0) is 9.63 Å². The summed E-state index contributed by atoms with van der Waals surface area (Å²) in [4.78, 5) is 29.1. The molecule has 8 heteroatoms. The average molecular weight is 365 g/mol. The number of hydrogen-bond donors (Lipinski definition) is 1. The van der Waals surface area contributed by atoms with Crippen LogP contribution in [0, 0.1) is 29.0 Å². The molecule has 0 heterocycles. The first-order valence-electron chi connectivity index (χ1n) is 8.54. The van der Waals surface area contributed by atoms with Gasteiger partial charge in [-0.25, -0.2) is 13.6 Å². The van der Waals surface area contributed by atoms with E-state index in [1.54, 1.807) is 6.19 Å². The molecule has 1 atom stereocenters. The fourth-order valence-electron chi connectivity index (χ4n) is 3.05. The zero-order valence-corrected chi connectivity index (χ0v) is 14.5. The van der Waals surface area contributed by atoms with Crippen LogP contribution in [0.15, 0.2) is 18.2 Å². The topological polar surface area (TPSA) is 82.4 Å². The maximum Gasteiger partial charge on any atom is 0.257 e. The summed E-state index contributed by atoms with van der Waals surface area (Å²) < 4.78 is 26.8. The van der Waals surface area contributed by atoms with E-state index < -0.39 is 29.7 Å². The number of hydrogen-bond acceptors (Lipinski definition) is 4. The van der Waals surface area contributed by atoms with Crippen LogP contribution < -0.4 is 5.32 Å². The van der Waals surface area contributed by atoms with Crippen molar-refractivity contribution < 1.29 is 23.2 Å². The van der Waals surface area contributed by atoms with Crippen LogP contribution in [0.25, 0.3) is 0 Å². The van der Waals surface area contributed by atoms with Gasteiger partial charge in [0, 0.05) is 13.0 Å². The fourth-order valence-corrected chi connectivity index (χ4v) is 3.05. The van der Waals surface area contributed by atoms with Crippen LogP contribution in [0.5, 0.6) is 0 Å². The van der Waals surface area contributed by atoms with Crippen LogP contribution in [0.3, 0.4) is 0 Å². The SMILES string of the molecule is CC(=O)N(C#N)OC(CC1CCCCC1)NC(=O)c1ccc(F)cc1F. The lowest BCUT2D eigenvalue weighted by molar-refractivity contribution is -0.188. The summed E-state index contributed by atoms with van der Waals surface area (Å²) in [6.45, 7) is 1.16. The summed E-state index contributed by atoms with van der Waals surface area (Å²) in [6.07, 6.45) is 6.18. The molecule has 2 amide bonds. The first-order chi connectivity index (χ1) is 12.4. The third-order valence-corrected chi connectivity index (χ3v) is 4.35. The molecular weight excluding hydrogens is 344 g/mol. The van der Waals surface area contributed by atoms with E-state index in [2.05, 4.69) is 5.32 Å².